The summed E-state index contributed by atoms with van der Waals surface area (Å²) in [7, 11) is 1.17. The molecule has 0 saturated heterocycles. The minimum Gasteiger partial charge on any atom is -0.326 e. The van der Waals surface area contributed by atoms with Gasteiger partial charge in [-0.15, -0.1) is 0 Å². The molecule has 18 heavy (non-hydrogen) atoms. The van der Waals surface area contributed by atoms with E-state index in [2.05, 4.69) is 20.9 Å². The summed E-state index contributed by atoms with van der Waals surface area (Å²) >= 11 is 3.11. The van der Waals surface area contributed by atoms with Crippen LogP contribution in [0.5, 0.6) is 0 Å². The summed E-state index contributed by atoms with van der Waals surface area (Å²) in [6.45, 7) is 0. The van der Waals surface area contributed by atoms with Crippen molar-refractivity contribution in [2.45, 2.75) is 24.6 Å². The SMILES string of the molecule is CN(C(=O)c1ncccc1Br)C1(C(F)(F)F)CC1. The molecule has 1 amide bonds. The number of rotatable bonds is 2. The third-order valence-electron chi connectivity index (χ3n) is 3.16. The second-order valence-electron chi connectivity index (χ2n) is 4.23. The zero-order chi connectivity index (χ0) is 13.6. The molecule has 0 aromatic carbocycles. The molecule has 1 aromatic heterocycles. The van der Waals surface area contributed by atoms with Crippen LogP contribution in [0.2, 0.25) is 0 Å². The van der Waals surface area contributed by atoms with Crippen molar-refractivity contribution in [3.05, 3.63) is 28.5 Å². The van der Waals surface area contributed by atoms with Crippen molar-refractivity contribution in [2.24, 2.45) is 0 Å². The smallest absolute Gasteiger partial charge is 0.326 e. The molecule has 0 spiro atoms. The van der Waals surface area contributed by atoms with Gasteiger partial charge in [-0.2, -0.15) is 13.2 Å². The number of nitrogens with zero attached hydrogens (tertiary/aromatic N) is 2. The molecule has 0 bridgehead atoms. The molecular weight excluding hydrogens is 313 g/mol. The molecule has 0 aliphatic heterocycles. The second kappa shape index (κ2) is 4.22. The van der Waals surface area contributed by atoms with Gasteiger partial charge in [0.1, 0.15) is 11.2 Å². The Kier molecular flexibility index (Phi) is 3.12. The first kappa shape index (κ1) is 13.3. The average Bonchev–Trinajstić information content (AvgIpc) is 3.08. The molecule has 1 saturated carbocycles. The molecule has 7 heteroatoms. The molecule has 3 nitrogen and oxygen atoms in total. The van der Waals surface area contributed by atoms with Gasteiger partial charge >= 0.3 is 6.18 Å². The minimum atomic E-state index is -4.40. The maximum atomic E-state index is 12.9. The topological polar surface area (TPSA) is 33.2 Å². The van der Waals surface area contributed by atoms with Gasteiger partial charge in [0.05, 0.1) is 0 Å². The van der Waals surface area contributed by atoms with Gasteiger partial charge in [-0.3, -0.25) is 4.79 Å². The first-order chi connectivity index (χ1) is 8.29. The van der Waals surface area contributed by atoms with E-state index >= 15 is 0 Å². The molecule has 98 valence electrons. The predicted molar refractivity (Wildman–Crippen MR) is 62.1 cm³/mol. The van der Waals surface area contributed by atoms with Crippen LogP contribution in [-0.2, 0) is 0 Å². The lowest BCUT2D eigenvalue weighted by Crippen LogP contribution is -2.49. The van der Waals surface area contributed by atoms with Crippen LogP contribution < -0.4 is 0 Å². The number of carbonyl (C=O) groups excluding carboxylic acids is 1. The van der Waals surface area contributed by atoms with Crippen molar-refractivity contribution < 1.29 is 18.0 Å². The highest BCUT2D eigenvalue weighted by atomic mass is 79.9. The third kappa shape index (κ3) is 2.00. The summed E-state index contributed by atoms with van der Waals surface area (Å²) in [5, 5.41) is 0. The van der Waals surface area contributed by atoms with Crippen molar-refractivity contribution >= 4 is 21.8 Å². The van der Waals surface area contributed by atoms with Gasteiger partial charge in [0.2, 0.25) is 0 Å². The standard InChI is InChI=1S/C11H10BrF3N2O/c1-17(10(4-5-10)11(13,14)15)9(18)8-7(12)3-2-6-16-8/h2-3,6H,4-5H2,1H3. The second-order valence-corrected chi connectivity index (χ2v) is 5.08. The molecule has 1 aromatic rings. The van der Waals surface area contributed by atoms with Crippen LogP contribution in [0.25, 0.3) is 0 Å². The molecule has 1 fully saturated rings. The van der Waals surface area contributed by atoms with Crippen molar-refractivity contribution in [3.8, 4) is 0 Å². The Hall–Kier alpha value is -1.11. The Balaban J connectivity index is 2.29. The Morgan fingerprint density at radius 1 is 1.50 bits per heavy atom. The highest BCUT2D eigenvalue weighted by molar-refractivity contribution is 9.10. The van der Waals surface area contributed by atoms with Crippen LogP contribution in [-0.4, -0.2) is 34.6 Å². The predicted octanol–water partition coefficient (Wildman–Crippen LogP) is 3.01. The quantitative estimate of drug-likeness (QED) is 0.838. The first-order valence-electron chi connectivity index (χ1n) is 5.25. The van der Waals surface area contributed by atoms with E-state index in [0.717, 1.165) is 4.90 Å². The van der Waals surface area contributed by atoms with E-state index in [1.165, 1.54) is 13.2 Å². The molecule has 1 heterocycles. The monoisotopic (exact) mass is 322 g/mol. The van der Waals surface area contributed by atoms with E-state index in [1.807, 2.05) is 0 Å². The lowest BCUT2D eigenvalue weighted by molar-refractivity contribution is -0.185. The minimum absolute atomic E-state index is 0.00414. The van der Waals surface area contributed by atoms with Crippen LogP contribution in [0.4, 0.5) is 13.2 Å². The summed E-state index contributed by atoms with van der Waals surface area (Å²) < 4.78 is 39.1. The number of carbonyl (C=O) groups is 1. The van der Waals surface area contributed by atoms with E-state index in [1.54, 1.807) is 12.1 Å². The normalized spacial score (nSPS) is 17.4. The van der Waals surface area contributed by atoms with E-state index in [0.29, 0.717) is 4.47 Å². The number of pyridine rings is 1. The van der Waals surface area contributed by atoms with Gasteiger partial charge in [-0.05, 0) is 40.9 Å². The van der Waals surface area contributed by atoms with E-state index in [4.69, 9.17) is 0 Å². The maximum Gasteiger partial charge on any atom is 0.411 e. The fourth-order valence-corrected chi connectivity index (χ4v) is 2.25. The molecule has 1 aliphatic carbocycles. The molecule has 1 aliphatic rings. The highest BCUT2D eigenvalue weighted by Gasteiger charge is 2.67. The number of hydrogen-bond donors (Lipinski definition) is 0. The Morgan fingerprint density at radius 3 is 2.56 bits per heavy atom. The van der Waals surface area contributed by atoms with Crippen molar-refractivity contribution in [1.82, 2.24) is 9.88 Å². The number of amides is 1. The van der Waals surface area contributed by atoms with Gasteiger partial charge in [0, 0.05) is 17.7 Å². The van der Waals surface area contributed by atoms with E-state index in [-0.39, 0.29) is 18.5 Å². The lowest BCUT2D eigenvalue weighted by Gasteiger charge is -2.30. The van der Waals surface area contributed by atoms with Crippen LogP contribution in [0, 0.1) is 0 Å². The fourth-order valence-electron chi connectivity index (χ4n) is 1.82. The molecular formula is C11H10BrF3N2O. The molecule has 0 unspecified atom stereocenters. The Bertz CT molecular complexity index is 485. The van der Waals surface area contributed by atoms with Gasteiger partial charge < -0.3 is 4.90 Å². The Morgan fingerprint density at radius 2 is 2.11 bits per heavy atom. The van der Waals surface area contributed by atoms with Crippen LogP contribution in [0.15, 0.2) is 22.8 Å². The number of aromatic nitrogens is 1. The van der Waals surface area contributed by atoms with Gasteiger partial charge in [-0.25, -0.2) is 4.98 Å². The number of alkyl halides is 3. The zero-order valence-electron chi connectivity index (χ0n) is 9.46. The summed E-state index contributed by atoms with van der Waals surface area (Å²) in [4.78, 5) is 16.6. The Labute approximate surface area is 110 Å². The van der Waals surface area contributed by atoms with Gasteiger partial charge in [0.25, 0.3) is 5.91 Å². The van der Waals surface area contributed by atoms with Crippen molar-refractivity contribution in [2.75, 3.05) is 7.05 Å². The van der Waals surface area contributed by atoms with Crippen LogP contribution in [0.3, 0.4) is 0 Å². The molecule has 0 atom stereocenters. The summed E-state index contributed by atoms with van der Waals surface area (Å²) in [5.41, 5.74) is -2.02. The van der Waals surface area contributed by atoms with E-state index in [9.17, 15) is 18.0 Å². The van der Waals surface area contributed by atoms with Crippen molar-refractivity contribution in [3.63, 3.8) is 0 Å². The first-order valence-corrected chi connectivity index (χ1v) is 6.04. The average molecular weight is 323 g/mol. The summed E-state index contributed by atoms with van der Waals surface area (Å²) in [6, 6.07) is 3.17. The molecule has 0 radical (unpaired) electrons. The molecule has 0 N–H and O–H groups in total. The largest absolute Gasteiger partial charge is 0.411 e. The third-order valence-corrected chi connectivity index (χ3v) is 3.80. The van der Waals surface area contributed by atoms with Crippen LogP contribution in [0.1, 0.15) is 23.3 Å². The zero-order valence-corrected chi connectivity index (χ0v) is 11.0. The van der Waals surface area contributed by atoms with Crippen molar-refractivity contribution in [1.29, 1.82) is 0 Å². The number of hydrogen-bond acceptors (Lipinski definition) is 2. The van der Waals surface area contributed by atoms with E-state index < -0.39 is 17.6 Å². The van der Waals surface area contributed by atoms with Crippen LogP contribution >= 0.6 is 15.9 Å². The molecule has 2 rings (SSSR count). The fraction of sp³-hybridized carbons (Fsp3) is 0.455. The lowest BCUT2D eigenvalue weighted by atomic mass is 10.2. The highest BCUT2D eigenvalue weighted by Crippen LogP contribution is 2.53. The summed E-state index contributed by atoms with van der Waals surface area (Å²) in [5.74, 6) is -0.725. The number of halogens is 4. The van der Waals surface area contributed by atoms with Gasteiger partial charge in [0.15, 0.2) is 0 Å². The summed E-state index contributed by atoms with van der Waals surface area (Å²) in [6.07, 6.45) is -3.13. The maximum absolute atomic E-state index is 12.9. The van der Waals surface area contributed by atoms with Gasteiger partial charge in [-0.1, -0.05) is 0 Å².